The van der Waals surface area contributed by atoms with Crippen molar-refractivity contribution in [2.45, 2.75) is 39.2 Å². The quantitative estimate of drug-likeness (QED) is 0.756. The van der Waals surface area contributed by atoms with E-state index in [2.05, 4.69) is 0 Å². The van der Waals surface area contributed by atoms with Crippen molar-refractivity contribution in [3.8, 4) is 0 Å². The Hall–Kier alpha value is -1.84. The van der Waals surface area contributed by atoms with E-state index in [0.29, 0.717) is 19.4 Å². The molecule has 1 fully saturated rings. The fourth-order valence-corrected chi connectivity index (χ4v) is 2.88. The van der Waals surface area contributed by atoms with Gasteiger partial charge >= 0.3 is 11.9 Å². The van der Waals surface area contributed by atoms with Gasteiger partial charge in [0.2, 0.25) is 0 Å². The molecule has 1 aromatic carbocycles. The molecule has 2 rings (SSSR count). The van der Waals surface area contributed by atoms with Gasteiger partial charge in [0.1, 0.15) is 12.0 Å². The second kappa shape index (κ2) is 7.25. The summed E-state index contributed by atoms with van der Waals surface area (Å²) in [4.78, 5) is 24.0. The molecular weight excluding hydrogens is 268 g/mol. The number of carbonyl (C=O) groups is 2. The fourth-order valence-electron chi connectivity index (χ4n) is 2.88. The molecule has 0 aromatic heterocycles. The van der Waals surface area contributed by atoms with Crippen LogP contribution in [0.25, 0.3) is 0 Å². The minimum absolute atomic E-state index is 0.270. The van der Waals surface area contributed by atoms with Crippen LogP contribution in [0.3, 0.4) is 0 Å². The van der Waals surface area contributed by atoms with Gasteiger partial charge in [-0.15, -0.1) is 0 Å². The monoisotopic (exact) mass is 290 g/mol. The van der Waals surface area contributed by atoms with Crippen LogP contribution in [0.15, 0.2) is 30.3 Å². The molecule has 114 valence electrons. The zero-order valence-electron chi connectivity index (χ0n) is 12.6. The highest BCUT2D eigenvalue weighted by atomic mass is 16.6. The van der Waals surface area contributed by atoms with Crippen molar-refractivity contribution in [3.63, 3.8) is 0 Å². The molecule has 1 aromatic rings. The number of carbonyl (C=O) groups excluding carboxylic acids is 2. The molecule has 0 amide bonds. The van der Waals surface area contributed by atoms with E-state index in [1.165, 1.54) is 5.56 Å². The van der Waals surface area contributed by atoms with Gasteiger partial charge in [0, 0.05) is 0 Å². The number of ether oxygens (including phenoxy) is 2. The number of benzene rings is 1. The highest BCUT2D eigenvalue weighted by Crippen LogP contribution is 2.34. The Balaban J connectivity index is 2.05. The number of hydrogen-bond acceptors (Lipinski definition) is 4. The lowest BCUT2D eigenvalue weighted by atomic mass is 9.86. The van der Waals surface area contributed by atoms with Crippen molar-refractivity contribution in [2.75, 3.05) is 6.61 Å². The van der Waals surface area contributed by atoms with Crippen LogP contribution in [0.1, 0.15) is 32.3 Å². The molecule has 0 radical (unpaired) electrons. The SMILES string of the molecule is CCOC(=O)[C@H]1[C@H](CCc2ccccc2)OC(=O)[C@@H]1CC. The summed E-state index contributed by atoms with van der Waals surface area (Å²) in [6.07, 6.45) is 1.66. The summed E-state index contributed by atoms with van der Waals surface area (Å²) < 4.78 is 10.5. The number of hydrogen-bond donors (Lipinski definition) is 0. The van der Waals surface area contributed by atoms with Gasteiger partial charge in [-0.3, -0.25) is 9.59 Å². The van der Waals surface area contributed by atoms with Gasteiger partial charge in [-0.1, -0.05) is 37.3 Å². The number of cyclic esters (lactones) is 1. The van der Waals surface area contributed by atoms with Crippen molar-refractivity contribution in [2.24, 2.45) is 11.8 Å². The van der Waals surface area contributed by atoms with Gasteiger partial charge < -0.3 is 9.47 Å². The lowest BCUT2D eigenvalue weighted by molar-refractivity contribution is -0.151. The van der Waals surface area contributed by atoms with Crippen LogP contribution in [0.4, 0.5) is 0 Å². The van der Waals surface area contributed by atoms with Crippen LogP contribution < -0.4 is 0 Å². The molecule has 0 saturated carbocycles. The molecule has 0 N–H and O–H groups in total. The maximum absolute atomic E-state index is 12.1. The van der Waals surface area contributed by atoms with E-state index in [-0.39, 0.29) is 24.0 Å². The number of esters is 2. The van der Waals surface area contributed by atoms with Crippen molar-refractivity contribution in [1.29, 1.82) is 0 Å². The molecule has 1 heterocycles. The van der Waals surface area contributed by atoms with Gasteiger partial charge in [-0.05, 0) is 31.7 Å². The molecule has 4 nitrogen and oxygen atoms in total. The van der Waals surface area contributed by atoms with E-state index in [0.717, 1.165) is 6.42 Å². The van der Waals surface area contributed by atoms with Crippen LogP contribution in [0.2, 0.25) is 0 Å². The summed E-state index contributed by atoms with van der Waals surface area (Å²) in [6, 6.07) is 10.00. The van der Waals surface area contributed by atoms with Crippen LogP contribution in [-0.2, 0) is 25.5 Å². The highest BCUT2D eigenvalue weighted by Gasteiger charge is 2.48. The average molecular weight is 290 g/mol. The molecule has 1 aliphatic heterocycles. The first-order valence-corrected chi connectivity index (χ1v) is 7.58. The summed E-state index contributed by atoms with van der Waals surface area (Å²) in [5, 5.41) is 0. The van der Waals surface area contributed by atoms with Crippen LogP contribution in [0, 0.1) is 11.8 Å². The first-order chi connectivity index (χ1) is 10.2. The topological polar surface area (TPSA) is 52.6 Å². The molecule has 3 atom stereocenters. The van der Waals surface area contributed by atoms with Gasteiger partial charge in [-0.25, -0.2) is 0 Å². The lowest BCUT2D eigenvalue weighted by Gasteiger charge is -2.18. The van der Waals surface area contributed by atoms with E-state index < -0.39 is 5.92 Å². The highest BCUT2D eigenvalue weighted by molar-refractivity contribution is 5.85. The van der Waals surface area contributed by atoms with Gasteiger partial charge in [0.15, 0.2) is 0 Å². The van der Waals surface area contributed by atoms with Gasteiger partial charge in [0.25, 0.3) is 0 Å². The molecule has 0 bridgehead atoms. The first kappa shape index (κ1) is 15.5. The Bertz CT molecular complexity index is 483. The minimum Gasteiger partial charge on any atom is -0.466 e. The van der Waals surface area contributed by atoms with Crippen LogP contribution in [-0.4, -0.2) is 24.6 Å². The largest absolute Gasteiger partial charge is 0.466 e. The third-order valence-corrected chi connectivity index (χ3v) is 3.96. The van der Waals surface area contributed by atoms with Gasteiger partial charge in [0.05, 0.1) is 12.5 Å². The molecule has 0 unspecified atom stereocenters. The molecule has 0 spiro atoms. The fraction of sp³-hybridized carbons (Fsp3) is 0.529. The number of aryl methyl sites for hydroxylation is 1. The first-order valence-electron chi connectivity index (χ1n) is 7.58. The Morgan fingerprint density at radius 3 is 2.57 bits per heavy atom. The molecule has 4 heteroatoms. The molecular formula is C17H22O4. The Morgan fingerprint density at radius 2 is 1.95 bits per heavy atom. The number of rotatable bonds is 6. The van der Waals surface area contributed by atoms with E-state index >= 15 is 0 Å². The lowest BCUT2D eigenvalue weighted by Crippen LogP contribution is -2.31. The zero-order chi connectivity index (χ0) is 15.2. The van der Waals surface area contributed by atoms with Crippen molar-refractivity contribution < 1.29 is 19.1 Å². The van der Waals surface area contributed by atoms with E-state index in [9.17, 15) is 9.59 Å². The summed E-state index contributed by atoms with van der Waals surface area (Å²) in [7, 11) is 0. The summed E-state index contributed by atoms with van der Waals surface area (Å²) in [5.41, 5.74) is 1.18. The molecule has 1 aliphatic rings. The van der Waals surface area contributed by atoms with Crippen molar-refractivity contribution in [1.82, 2.24) is 0 Å². The standard InChI is InChI=1S/C17H22O4/c1-3-13-15(17(19)20-4-2)14(21-16(13)18)11-10-12-8-6-5-7-9-12/h5-9,13-15H,3-4,10-11H2,1-2H3/t13-,14+,15-/m1/s1. The smallest absolute Gasteiger partial charge is 0.313 e. The van der Waals surface area contributed by atoms with E-state index in [1.807, 2.05) is 37.3 Å². The van der Waals surface area contributed by atoms with E-state index in [1.54, 1.807) is 6.92 Å². The predicted octanol–water partition coefficient (Wildman–Crippen LogP) is 2.75. The average Bonchev–Trinajstić information content (AvgIpc) is 2.82. The summed E-state index contributed by atoms with van der Waals surface area (Å²) in [6.45, 7) is 4.00. The summed E-state index contributed by atoms with van der Waals surface area (Å²) in [5.74, 6) is -1.42. The van der Waals surface area contributed by atoms with Crippen LogP contribution in [0.5, 0.6) is 0 Å². The maximum atomic E-state index is 12.1. The maximum Gasteiger partial charge on any atom is 0.313 e. The minimum atomic E-state index is -0.467. The second-order valence-corrected chi connectivity index (χ2v) is 5.29. The van der Waals surface area contributed by atoms with Crippen molar-refractivity contribution in [3.05, 3.63) is 35.9 Å². The molecule has 21 heavy (non-hydrogen) atoms. The third-order valence-electron chi connectivity index (χ3n) is 3.96. The summed E-state index contributed by atoms with van der Waals surface area (Å²) >= 11 is 0. The predicted molar refractivity (Wildman–Crippen MR) is 78.5 cm³/mol. The zero-order valence-corrected chi connectivity index (χ0v) is 12.6. The molecule has 0 aliphatic carbocycles. The molecule has 1 saturated heterocycles. The Morgan fingerprint density at radius 1 is 1.24 bits per heavy atom. The normalized spacial score (nSPS) is 24.7. The Labute approximate surface area is 125 Å². The van der Waals surface area contributed by atoms with E-state index in [4.69, 9.17) is 9.47 Å². The van der Waals surface area contributed by atoms with Crippen molar-refractivity contribution >= 4 is 11.9 Å². The Kier molecular flexibility index (Phi) is 5.37. The van der Waals surface area contributed by atoms with Gasteiger partial charge in [-0.2, -0.15) is 0 Å². The second-order valence-electron chi connectivity index (χ2n) is 5.29. The third kappa shape index (κ3) is 3.63. The van der Waals surface area contributed by atoms with Crippen LogP contribution >= 0.6 is 0 Å².